The van der Waals surface area contributed by atoms with Crippen molar-refractivity contribution in [2.45, 2.75) is 12.8 Å². The van der Waals surface area contributed by atoms with E-state index >= 15 is 0 Å². The first-order chi connectivity index (χ1) is 9.24. The van der Waals surface area contributed by atoms with Gasteiger partial charge in [-0.05, 0) is 18.9 Å². The smallest absolute Gasteiger partial charge is 0.230 e. The second-order valence-corrected chi connectivity index (χ2v) is 4.37. The molecule has 0 bridgehead atoms. The summed E-state index contributed by atoms with van der Waals surface area (Å²) in [6.07, 6.45) is 4.83. The zero-order valence-electron chi connectivity index (χ0n) is 10.3. The predicted octanol–water partition coefficient (Wildman–Crippen LogP) is 1.26. The molecule has 0 radical (unpaired) electrons. The van der Waals surface area contributed by atoms with Gasteiger partial charge in [0.15, 0.2) is 11.6 Å². The molecule has 19 heavy (non-hydrogen) atoms. The van der Waals surface area contributed by atoms with Gasteiger partial charge in [-0.1, -0.05) is 0 Å². The zero-order valence-corrected chi connectivity index (χ0v) is 10.3. The van der Waals surface area contributed by atoms with Gasteiger partial charge in [-0.15, -0.1) is 0 Å². The highest BCUT2D eigenvalue weighted by atomic mass is 19.1. The summed E-state index contributed by atoms with van der Waals surface area (Å²) < 4.78 is 13.7. The van der Waals surface area contributed by atoms with Gasteiger partial charge in [0, 0.05) is 19.3 Å². The van der Waals surface area contributed by atoms with Gasteiger partial charge in [0.2, 0.25) is 11.9 Å². The number of hydrogen-bond donors (Lipinski definition) is 1. The van der Waals surface area contributed by atoms with Crippen molar-refractivity contribution < 1.29 is 4.39 Å². The molecule has 0 spiro atoms. The van der Waals surface area contributed by atoms with Crippen LogP contribution in [-0.4, -0.2) is 33.0 Å². The van der Waals surface area contributed by atoms with Crippen LogP contribution in [0.4, 0.5) is 16.3 Å². The summed E-state index contributed by atoms with van der Waals surface area (Å²) in [7, 11) is 0. The third-order valence-electron chi connectivity index (χ3n) is 3.04. The van der Waals surface area contributed by atoms with E-state index in [2.05, 4.69) is 19.9 Å². The van der Waals surface area contributed by atoms with Gasteiger partial charge in [0.05, 0.1) is 11.8 Å². The fourth-order valence-corrected chi connectivity index (χ4v) is 2.12. The van der Waals surface area contributed by atoms with Crippen LogP contribution < -0.4 is 10.6 Å². The molecule has 1 aliphatic heterocycles. The predicted molar refractivity (Wildman–Crippen MR) is 68.9 cm³/mol. The fraction of sp³-hybridized carbons (Fsp3) is 0.333. The Bertz CT molecular complexity index is 597. The van der Waals surface area contributed by atoms with E-state index in [1.807, 2.05) is 4.90 Å². The average Bonchev–Trinajstić information content (AvgIpc) is 2.92. The maximum Gasteiger partial charge on any atom is 0.230 e. The van der Waals surface area contributed by atoms with Crippen molar-refractivity contribution in [1.82, 2.24) is 19.9 Å². The molecule has 2 aromatic heterocycles. The molecule has 0 amide bonds. The summed E-state index contributed by atoms with van der Waals surface area (Å²) >= 11 is 0. The lowest BCUT2D eigenvalue weighted by molar-refractivity contribution is 0.623. The molecule has 0 saturated carbocycles. The normalized spacial score (nSPS) is 14.9. The number of nitrogens with two attached hydrogens (primary N) is 1. The Morgan fingerprint density at radius 2 is 1.95 bits per heavy atom. The van der Waals surface area contributed by atoms with Crippen LogP contribution >= 0.6 is 0 Å². The molecule has 1 aliphatic rings. The molecule has 1 saturated heterocycles. The van der Waals surface area contributed by atoms with Crippen molar-refractivity contribution in [3.05, 3.63) is 24.3 Å². The Balaban J connectivity index is 2.04. The Morgan fingerprint density at radius 3 is 2.68 bits per heavy atom. The van der Waals surface area contributed by atoms with E-state index in [-0.39, 0.29) is 17.3 Å². The first-order valence-corrected chi connectivity index (χ1v) is 6.10. The standard InChI is InChI=1S/C12H13FN6/c13-9-7-15-4-3-8(9)10-16-11(14)18-12(17-10)19-5-1-2-6-19/h3-4,7H,1-2,5-6H2,(H2,14,16,17,18). The largest absolute Gasteiger partial charge is 0.368 e. The summed E-state index contributed by atoms with van der Waals surface area (Å²) in [4.78, 5) is 18.1. The van der Waals surface area contributed by atoms with Crippen molar-refractivity contribution in [3.63, 3.8) is 0 Å². The molecular weight excluding hydrogens is 247 g/mol. The van der Waals surface area contributed by atoms with Gasteiger partial charge in [-0.25, -0.2) is 4.39 Å². The highest BCUT2D eigenvalue weighted by Crippen LogP contribution is 2.22. The van der Waals surface area contributed by atoms with Crippen LogP contribution in [-0.2, 0) is 0 Å². The molecule has 2 N–H and O–H groups in total. The fourth-order valence-electron chi connectivity index (χ4n) is 2.12. The quantitative estimate of drug-likeness (QED) is 0.875. The minimum Gasteiger partial charge on any atom is -0.368 e. The van der Waals surface area contributed by atoms with Gasteiger partial charge >= 0.3 is 0 Å². The third-order valence-corrected chi connectivity index (χ3v) is 3.04. The van der Waals surface area contributed by atoms with Gasteiger partial charge in [-0.2, -0.15) is 15.0 Å². The van der Waals surface area contributed by atoms with Gasteiger partial charge < -0.3 is 10.6 Å². The van der Waals surface area contributed by atoms with Gasteiger partial charge in [0.1, 0.15) is 0 Å². The number of hydrogen-bond acceptors (Lipinski definition) is 6. The number of anilines is 2. The molecule has 0 aromatic carbocycles. The monoisotopic (exact) mass is 260 g/mol. The number of rotatable bonds is 2. The van der Waals surface area contributed by atoms with E-state index in [1.54, 1.807) is 0 Å². The van der Waals surface area contributed by atoms with E-state index in [1.165, 1.54) is 12.3 Å². The Kier molecular flexibility index (Phi) is 2.94. The van der Waals surface area contributed by atoms with Crippen molar-refractivity contribution in [1.29, 1.82) is 0 Å². The highest BCUT2D eigenvalue weighted by molar-refractivity contribution is 5.57. The molecule has 0 unspecified atom stereocenters. The molecular formula is C12H13FN6. The molecule has 7 heteroatoms. The second kappa shape index (κ2) is 4.75. The maximum absolute atomic E-state index is 13.7. The molecule has 98 valence electrons. The summed E-state index contributed by atoms with van der Waals surface area (Å²) in [6, 6.07) is 1.53. The number of nitrogen functional groups attached to an aromatic ring is 1. The average molecular weight is 260 g/mol. The molecule has 3 heterocycles. The zero-order chi connectivity index (χ0) is 13.2. The highest BCUT2D eigenvalue weighted by Gasteiger charge is 2.18. The summed E-state index contributed by atoms with van der Waals surface area (Å²) in [5.41, 5.74) is 5.97. The topological polar surface area (TPSA) is 80.8 Å². The number of halogens is 1. The first kappa shape index (κ1) is 11.8. The molecule has 0 aliphatic carbocycles. The molecule has 1 fully saturated rings. The molecule has 0 atom stereocenters. The van der Waals surface area contributed by atoms with E-state index in [4.69, 9.17) is 5.73 Å². The molecule has 6 nitrogen and oxygen atoms in total. The lowest BCUT2D eigenvalue weighted by Crippen LogP contribution is -2.21. The van der Waals surface area contributed by atoms with E-state index in [0.29, 0.717) is 5.95 Å². The van der Waals surface area contributed by atoms with E-state index < -0.39 is 5.82 Å². The molecule has 3 rings (SSSR count). The summed E-state index contributed by atoms with van der Waals surface area (Å²) in [5, 5.41) is 0. The van der Waals surface area contributed by atoms with Crippen molar-refractivity contribution in [2.75, 3.05) is 23.7 Å². The van der Waals surface area contributed by atoms with Crippen LogP contribution in [0.5, 0.6) is 0 Å². The van der Waals surface area contributed by atoms with Crippen molar-refractivity contribution >= 4 is 11.9 Å². The number of nitrogens with zero attached hydrogens (tertiary/aromatic N) is 5. The SMILES string of the molecule is Nc1nc(-c2ccncc2F)nc(N2CCCC2)n1. The summed E-state index contributed by atoms with van der Waals surface area (Å²) in [5.74, 6) is 0.383. The maximum atomic E-state index is 13.7. The van der Waals surface area contributed by atoms with Gasteiger partial charge in [-0.3, -0.25) is 4.98 Å². The number of pyridine rings is 1. The van der Waals surface area contributed by atoms with Crippen molar-refractivity contribution in [2.24, 2.45) is 0 Å². The second-order valence-electron chi connectivity index (χ2n) is 4.37. The minimum atomic E-state index is -0.472. The third kappa shape index (κ3) is 2.31. The number of aromatic nitrogens is 4. The lowest BCUT2D eigenvalue weighted by atomic mass is 10.2. The van der Waals surface area contributed by atoms with Crippen LogP contribution in [0.1, 0.15) is 12.8 Å². The van der Waals surface area contributed by atoms with E-state index in [9.17, 15) is 4.39 Å². The lowest BCUT2D eigenvalue weighted by Gasteiger charge is -2.15. The first-order valence-electron chi connectivity index (χ1n) is 6.10. The Hall–Kier alpha value is -2.31. The van der Waals surface area contributed by atoms with E-state index in [0.717, 1.165) is 32.1 Å². The van der Waals surface area contributed by atoms with Crippen LogP contribution in [0.25, 0.3) is 11.4 Å². The molecule has 2 aromatic rings. The van der Waals surface area contributed by atoms with Crippen molar-refractivity contribution in [3.8, 4) is 11.4 Å². The van der Waals surface area contributed by atoms with Crippen LogP contribution in [0.2, 0.25) is 0 Å². The van der Waals surface area contributed by atoms with Gasteiger partial charge in [0.25, 0.3) is 0 Å². The minimum absolute atomic E-state index is 0.100. The Labute approximate surface area is 109 Å². The Morgan fingerprint density at radius 1 is 1.16 bits per heavy atom. The summed E-state index contributed by atoms with van der Waals surface area (Å²) in [6.45, 7) is 1.78. The van der Waals surface area contributed by atoms with Crippen LogP contribution in [0.15, 0.2) is 18.5 Å². The van der Waals surface area contributed by atoms with Crippen LogP contribution in [0.3, 0.4) is 0 Å². The van der Waals surface area contributed by atoms with Crippen LogP contribution in [0, 0.1) is 5.82 Å².